The second-order valence-corrected chi connectivity index (χ2v) is 5.42. The van der Waals surface area contributed by atoms with Crippen molar-refractivity contribution in [3.8, 4) is 11.4 Å². The Balaban J connectivity index is 2.21. The average molecular weight is 307 g/mol. The number of rotatable bonds is 3. The molecule has 1 aromatic heterocycles. The van der Waals surface area contributed by atoms with Crippen LogP contribution in [0.25, 0.3) is 5.69 Å². The largest absolute Gasteiger partial charge is 0.497 e. The van der Waals surface area contributed by atoms with Crippen molar-refractivity contribution in [1.82, 2.24) is 9.78 Å². The van der Waals surface area contributed by atoms with Crippen LogP contribution < -0.4 is 4.74 Å². The van der Waals surface area contributed by atoms with Crippen LogP contribution in [0.2, 0.25) is 5.02 Å². The van der Waals surface area contributed by atoms with Crippen LogP contribution in [0.4, 0.5) is 0 Å². The highest BCUT2D eigenvalue weighted by Crippen LogP contribution is 2.31. The Labute approximate surface area is 127 Å². The molecule has 0 fully saturated rings. The smallest absolute Gasteiger partial charge is 0.356 e. The third-order valence-electron chi connectivity index (χ3n) is 3.76. The summed E-state index contributed by atoms with van der Waals surface area (Å²) in [6, 6.07) is 5.27. The number of hydrogen-bond acceptors (Lipinski definition) is 3. The maximum atomic E-state index is 11.4. The summed E-state index contributed by atoms with van der Waals surface area (Å²) < 4.78 is 6.87. The van der Waals surface area contributed by atoms with Crippen molar-refractivity contribution in [3.63, 3.8) is 0 Å². The third kappa shape index (κ3) is 2.38. The number of methoxy groups -OCH3 is 1. The van der Waals surface area contributed by atoms with E-state index < -0.39 is 5.97 Å². The molecular weight excluding hydrogens is 292 g/mol. The number of benzene rings is 1. The molecule has 0 amide bonds. The van der Waals surface area contributed by atoms with Gasteiger partial charge in [-0.05, 0) is 37.8 Å². The molecule has 2 aromatic rings. The predicted molar refractivity (Wildman–Crippen MR) is 78.7 cm³/mol. The minimum Gasteiger partial charge on any atom is -0.497 e. The van der Waals surface area contributed by atoms with E-state index >= 15 is 0 Å². The standard InChI is InChI=1S/C15H15ClN2O3/c1-21-9-6-7-11(16)13(8-9)18-12-5-3-2-4-10(12)14(17-18)15(19)20/h6-8H,2-5H2,1H3,(H,19,20). The van der Waals surface area contributed by atoms with Gasteiger partial charge >= 0.3 is 5.97 Å². The summed E-state index contributed by atoms with van der Waals surface area (Å²) in [5.41, 5.74) is 2.55. The van der Waals surface area contributed by atoms with E-state index in [0.717, 1.165) is 36.9 Å². The second kappa shape index (κ2) is 5.41. The van der Waals surface area contributed by atoms with Gasteiger partial charge in [-0.1, -0.05) is 11.6 Å². The molecule has 0 bridgehead atoms. The van der Waals surface area contributed by atoms with Gasteiger partial charge in [0.2, 0.25) is 0 Å². The van der Waals surface area contributed by atoms with E-state index in [0.29, 0.717) is 16.5 Å². The van der Waals surface area contributed by atoms with Crippen molar-refractivity contribution >= 4 is 17.6 Å². The van der Waals surface area contributed by atoms with Crippen LogP contribution in [0, 0.1) is 0 Å². The minimum atomic E-state index is -0.995. The van der Waals surface area contributed by atoms with E-state index in [1.54, 1.807) is 30.0 Å². The van der Waals surface area contributed by atoms with E-state index in [4.69, 9.17) is 16.3 Å². The fourth-order valence-electron chi connectivity index (χ4n) is 2.75. The molecule has 0 unspecified atom stereocenters. The second-order valence-electron chi connectivity index (χ2n) is 5.02. The highest BCUT2D eigenvalue weighted by Gasteiger charge is 2.26. The van der Waals surface area contributed by atoms with Crippen LogP contribution >= 0.6 is 11.6 Å². The number of halogens is 1. The van der Waals surface area contributed by atoms with Gasteiger partial charge < -0.3 is 9.84 Å². The predicted octanol–water partition coefficient (Wildman–Crippen LogP) is 3.11. The summed E-state index contributed by atoms with van der Waals surface area (Å²) in [4.78, 5) is 11.4. The summed E-state index contributed by atoms with van der Waals surface area (Å²) in [5.74, 6) is -0.336. The Morgan fingerprint density at radius 1 is 1.38 bits per heavy atom. The number of hydrogen-bond donors (Lipinski definition) is 1. The highest BCUT2D eigenvalue weighted by molar-refractivity contribution is 6.32. The SMILES string of the molecule is COc1ccc(Cl)c(-n2nc(C(=O)O)c3c2CCCC3)c1. The van der Waals surface area contributed by atoms with E-state index in [1.807, 2.05) is 0 Å². The number of carboxylic acid groups (broad SMARTS) is 1. The van der Waals surface area contributed by atoms with Crippen molar-refractivity contribution in [2.24, 2.45) is 0 Å². The molecule has 1 heterocycles. The zero-order chi connectivity index (χ0) is 15.0. The fraction of sp³-hybridized carbons (Fsp3) is 0.333. The third-order valence-corrected chi connectivity index (χ3v) is 4.08. The number of carboxylic acids is 1. The Morgan fingerprint density at radius 3 is 2.86 bits per heavy atom. The Kier molecular flexibility index (Phi) is 3.59. The molecule has 110 valence electrons. The van der Waals surface area contributed by atoms with Gasteiger partial charge in [0, 0.05) is 17.3 Å². The van der Waals surface area contributed by atoms with Gasteiger partial charge in [0.1, 0.15) is 5.75 Å². The number of fused-ring (bicyclic) bond motifs is 1. The van der Waals surface area contributed by atoms with Crippen LogP contribution in [0.15, 0.2) is 18.2 Å². The van der Waals surface area contributed by atoms with E-state index in [9.17, 15) is 9.90 Å². The topological polar surface area (TPSA) is 64.4 Å². The van der Waals surface area contributed by atoms with Gasteiger partial charge in [0.05, 0.1) is 17.8 Å². The monoisotopic (exact) mass is 306 g/mol. The minimum absolute atomic E-state index is 0.128. The van der Waals surface area contributed by atoms with Crippen molar-refractivity contribution in [3.05, 3.63) is 40.2 Å². The van der Waals surface area contributed by atoms with Gasteiger partial charge in [0.25, 0.3) is 0 Å². The number of aromatic carboxylic acids is 1. The Hall–Kier alpha value is -2.01. The lowest BCUT2D eigenvalue weighted by Crippen LogP contribution is -2.08. The lowest BCUT2D eigenvalue weighted by Gasteiger charge is -2.15. The molecule has 0 saturated heterocycles. The molecule has 3 rings (SSSR count). The molecule has 0 aliphatic heterocycles. The van der Waals surface area contributed by atoms with Gasteiger partial charge in [-0.2, -0.15) is 5.10 Å². The summed E-state index contributed by atoms with van der Waals surface area (Å²) >= 11 is 6.26. The zero-order valence-corrected chi connectivity index (χ0v) is 12.4. The lowest BCUT2D eigenvalue weighted by atomic mass is 9.95. The number of carbonyl (C=O) groups is 1. The molecule has 1 N–H and O–H groups in total. The quantitative estimate of drug-likeness (QED) is 0.946. The molecule has 0 spiro atoms. The molecular formula is C15H15ClN2O3. The highest BCUT2D eigenvalue weighted by atomic mass is 35.5. The van der Waals surface area contributed by atoms with Crippen molar-refractivity contribution in [2.45, 2.75) is 25.7 Å². The first-order chi connectivity index (χ1) is 10.1. The van der Waals surface area contributed by atoms with Crippen LogP contribution in [0.1, 0.15) is 34.6 Å². The normalized spacial score (nSPS) is 13.8. The summed E-state index contributed by atoms with van der Waals surface area (Å²) in [6.07, 6.45) is 3.58. The average Bonchev–Trinajstić information content (AvgIpc) is 2.87. The van der Waals surface area contributed by atoms with Gasteiger partial charge in [-0.15, -0.1) is 0 Å². The molecule has 0 atom stereocenters. The molecule has 0 saturated carbocycles. The first kappa shape index (κ1) is 13.9. The molecule has 6 heteroatoms. The summed E-state index contributed by atoms with van der Waals surface area (Å²) in [5, 5.41) is 14.1. The fourth-order valence-corrected chi connectivity index (χ4v) is 2.95. The van der Waals surface area contributed by atoms with Crippen molar-refractivity contribution < 1.29 is 14.6 Å². The molecule has 1 aromatic carbocycles. The maximum Gasteiger partial charge on any atom is 0.356 e. The Bertz CT molecular complexity index is 709. The first-order valence-electron chi connectivity index (χ1n) is 6.80. The first-order valence-corrected chi connectivity index (χ1v) is 7.17. The van der Waals surface area contributed by atoms with Crippen molar-refractivity contribution in [1.29, 1.82) is 0 Å². The molecule has 0 radical (unpaired) electrons. The lowest BCUT2D eigenvalue weighted by molar-refractivity contribution is 0.0688. The van der Waals surface area contributed by atoms with E-state index in [-0.39, 0.29) is 5.69 Å². The zero-order valence-electron chi connectivity index (χ0n) is 11.6. The maximum absolute atomic E-state index is 11.4. The van der Waals surface area contributed by atoms with E-state index in [1.165, 1.54) is 0 Å². The van der Waals surface area contributed by atoms with Crippen molar-refractivity contribution in [2.75, 3.05) is 7.11 Å². The van der Waals surface area contributed by atoms with Crippen LogP contribution in [-0.2, 0) is 12.8 Å². The van der Waals surface area contributed by atoms with Gasteiger partial charge in [0.15, 0.2) is 5.69 Å². The molecule has 1 aliphatic carbocycles. The van der Waals surface area contributed by atoms with Crippen LogP contribution in [-0.4, -0.2) is 28.0 Å². The number of ether oxygens (including phenoxy) is 1. The van der Waals surface area contributed by atoms with Gasteiger partial charge in [-0.3, -0.25) is 0 Å². The Morgan fingerprint density at radius 2 is 2.14 bits per heavy atom. The van der Waals surface area contributed by atoms with Crippen LogP contribution in [0.5, 0.6) is 5.75 Å². The van der Waals surface area contributed by atoms with Gasteiger partial charge in [-0.25, -0.2) is 9.48 Å². The number of aromatic nitrogens is 2. The molecule has 21 heavy (non-hydrogen) atoms. The summed E-state index contributed by atoms with van der Waals surface area (Å²) in [7, 11) is 1.58. The number of nitrogens with zero attached hydrogens (tertiary/aromatic N) is 2. The molecule has 1 aliphatic rings. The summed E-state index contributed by atoms with van der Waals surface area (Å²) in [6.45, 7) is 0. The van der Waals surface area contributed by atoms with Crippen LogP contribution in [0.3, 0.4) is 0 Å². The molecule has 5 nitrogen and oxygen atoms in total. The van der Waals surface area contributed by atoms with E-state index in [2.05, 4.69) is 5.10 Å².